The minimum absolute atomic E-state index is 0.359. The molecule has 0 N–H and O–H groups in total. The summed E-state index contributed by atoms with van der Waals surface area (Å²) in [5.74, 6) is 0.422. The average Bonchev–Trinajstić information content (AvgIpc) is 2.82. The molecule has 3 nitrogen and oxygen atoms in total. The predicted molar refractivity (Wildman–Crippen MR) is 62.9 cm³/mol. The van der Waals surface area contributed by atoms with Crippen molar-refractivity contribution >= 4 is 12.4 Å². The minimum Gasteiger partial charge on any atom is -0.492 e. The maximum Gasteiger partial charge on any atom is 0.509 e. The Labute approximate surface area is 102 Å². The Balaban J connectivity index is 1.87. The minimum atomic E-state index is -4.94. The van der Waals surface area contributed by atoms with Crippen molar-refractivity contribution in [3.8, 4) is 5.75 Å². The molecule has 0 amide bonds. The lowest BCUT2D eigenvalue weighted by molar-refractivity contribution is 0.291. The molecule has 1 aromatic carbocycles. The molecule has 0 radical (unpaired) electrons. The van der Waals surface area contributed by atoms with Gasteiger partial charge in [0.1, 0.15) is 12.4 Å². The van der Waals surface area contributed by atoms with E-state index in [-0.39, 0.29) is 0 Å². The number of nitrogens with zero attached hydrogens (tertiary/aromatic N) is 2. The van der Waals surface area contributed by atoms with E-state index in [1.165, 1.54) is 12.1 Å². The van der Waals surface area contributed by atoms with Crippen LogP contribution >= 0.6 is 0 Å². The second-order valence-electron chi connectivity index (χ2n) is 3.76. The average molecular weight is 255 g/mol. The van der Waals surface area contributed by atoms with Crippen LogP contribution in [0.1, 0.15) is 0 Å². The SMILES string of the molecule is F[B-](F)(F)c1ccc(OCCn2cccn2)cc1. The van der Waals surface area contributed by atoms with Gasteiger partial charge in [0.25, 0.3) is 0 Å². The van der Waals surface area contributed by atoms with E-state index in [0.717, 1.165) is 12.1 Å². The first kappa shape index (κ1) is 12.5. The summed E-state index contributed by atoms with van der Waals surface area (Å²) in [6, 6.07) is 6.51. The molecule has 2 aromatic rings. The van der Waals surface area contributed by atoms with E-state index in [0.29, 0.717) is 18.9 Å². The van der Waals surface area contributed by atoms with Crippen LogP contribution < -0.4 is 10.2 Å². The number of rotatable bonds is 5. The van der Waals surface area contributed by atoms with Crippen molar-refractivity contribution in [1.29, 1.82) is 0 Å². The van der Waals surface area contributed by atoms with Crippen molar-refractivity contribution in [3.63, 3.8) is 0 Å². The summed E-state index contributed by atoms with van der Waals surface area (Å²) < 4.78 is 44.1. The molecule has 96 valence electrons. The monoisotopic (exact) mass is 255 g/mol. The first-order chi connectivity index (χ1) is 8.55. The smallest absolute Gasteiger partial charge is 0.492 e. The van der Waals surface area contributed by atoms with Gasteiger partial charge in [-0.1, -0.05) is 12.1 Å². The maximum absolute atomic E-state index is 12.4. The fourth-order valence-corrected chi connectivity index (χ4v) is 1.47. The number of halogens is 3. The highest BCUT2D eigenvalue weighted by Gasteiger charge is 2.24. The normalized spacial score (nSPS) is 11.5. The molecule has 0 atom stereocenters. The van der Waals surface area contributed by atoms with Gasteiger partial charge in [-0.3, -0.25) is 4.68 Å². The quantitative estimate of drug-likeness (QED) is 0.764. The zero-order valence-corrected chi connectivity index (χ0v) is 9.47. The Bertz CT molecular complexity index is 482. The van der Waals surface area contributed by atoms with Gasteiger partial charge in [0.05, 0.1) is 6.54 Å². The maximum atomic E-state index is 12.4. The summed E-state index contributed by atoms with van der Waals surface area (Å²) >= 11 is 0. The van der Waals surface area contributed by atoms with Crippen molar-refractivity contribution in [2.75, 3.05) is 6.61 Å². The molecule has 0 saturated carbocycles. The van der Waals surface area contributed by atoms with Gasteiger partial charge < -0.3 is 17.7 Å². The first-order valence-electron chi connectivity index (χ1n) is 5.46. The van der Waals surface area contributed by atoms with Gasteiger partial charge in [0.2, 0.25) is 0 Å². The van der Waals surface area contributed by atoms with Gasteiger partial charge in [-0.2, -0.15) is 5.10 Å². The van der Waals surface area contributed by atoms with Crippen LogP contribution in [0.2, 0.25) is 0 Å². The van der Waals surface area contributed by atoms with Crippen LogP contribution in [0.4, 0.5) is 12.9 Å². The molecule has 0 aliphatic carbocycles. The summed E-state index contributed by atoms with van der Waals surface area (Å²) in [6.45, 7) is -4.02. The molecular formula is C11H11BF3N2O-. The number of ether oxygens (including phenoxy) is 1. The van der Waals surface area contributed by atoms with E-state index < -0.39 is 12.4 Å². The van der Waals surface area contributed by atoms with Crippen molar-refractivity contribution < 1.29 is 17.7 Å². The zero-order valence-electron chi connectivity index (χ0n) is 9.47. The predicted octanol–water partition coefficient (Wildman–Crippen LogP) is 2.02. The number of hydrogen-bond donors (Lipinski definition) is 0. The lowest BCUT2D eigenvalue weighted by Crippen LogP contribution is -2.33. The third-order valence-corrected chi connectivity index (χ3v) is 2.41. The van der Waals surface area contributed by atoms with Crippen molar-refractivity contribution in [1.82, 2.24) is 9.78 Å². The van der Waals surface area contributed by atoms with Crippen molar-refractivity contribution in [3.05, 3.63) is 42.7 Å². The molecular weight excluding hydrogens is 244 g/mol. The van der Waals surface area contributed by atoms with Crippen molar-refractivity contribution in [2.45, 2.75) is 6.54 Å². The lowest BCUT2D eigenvalue weighted by atomic mass is 9.80. The number of hydrogen-bond acceptors (Lipinski definition) is 2. The van der Waals surface area contributed by atoms with Crippen molar-refractivity contribution in [2.24, 2.45) is 0 Å². The highest BCUT2D eigenvalue weighted by Crippen LogP contribution is 2.13. The van der Waals surface area contributed by atoms with Gasteiger partial charge in [0, 0.05) is 12.4 Å². The zero-order chi connectivity index (χ0) is 13.0. The third kappa shape index (κ3) is 3.29. The molecule has 18 heavy (non-hydrogen) atoms. The van der Waals surface area contributed by atoms with E-state index >= 15 is 0 Å². The number of benzene rings is 1. The van der Waals surface area contributed by atoms with Gasteiger partial charge in [0.15, 0.2) is 0 Å². The Morgan fingerprint density at radius 2 is 1.89 bits per heavy atom. The van der Waals surface area contributed by atoms with E-state index in [4.69, 9.17) is 4.74 Å². The fraction of sp³-hybridized carbons (Fsp3) is 0.182. The van der Waals surface area contributed by atoms with Crippen LogP contribution in [0.5, 0.6) is 5.75 Å². The van der Waals surface area contributed by atoms with Gasteiger partial charge in [-0.15, -0.1) is 5.46 Å². The molecule has 0 fully saturated rings. The summed E-state index contributed by atoms with van der Waals surface area (Å²) in [7, 11) is 0. The van der Waals surface area contributed by atoms with Crippen LogP contribution in [0.25, 0.3) is 0 Å². The lowest BCUT2D eigenvalue weighted by Gasteiger charge is -2.15. The first-order valence-corrected chi connectivity index (χ1v) is 5.46. The van der Waals surface area contributed by atoms with Gasteiger partial charge in [-0.05, 0) is 18.2 Å². The topological polar surface area (TPSA) is 27.1 Å². The summed E-state index contributed by atoms with van der Waals surface area (Å²) in [5, 5.41) is 3.98. The highest BCUT2D eigenvalue weighted by atomic mass is 19.4. The second-order valence-corrected chi connectivity index (χ2v) is 3.76. The summed E-state index contributed by atoms with van der Waals surface area (Å²) in [4.78, 5) is 0. The molecule has 1 heterocycles. The molecule has 0 aliphatic rings. The molecule has 0 unspecified atom stereocenters. The molecule has 0 aliphatic heterocycles. The Morgan fingerprint density at radius 1 is 1.17 bits per heavy atom. The molecule has 2 rings (SSSR count). The molecule has 0 spiro atoms. The Kier molecular flexibility index (Phi) is 3.59. The summed E-state index contributed by atoms with van der Waals surface area (Å²) in [6.07, 6.45) is 3.44. The molecule has 1 aromatic heterocycles. The second kappa shape index (κ2) is 5.16. The molecule has 0 bridgehead atoms. The Morgan fingerprint density at radius 3 is 2.44 bits per heavy atom. The van der Waals surface area contributed by atoms with Gasteiger partial charge >= 0.3 is 6.98 Å². The van der Waals surface area contributed by atoms with E-state index in [2.05, 4.69) is 5.10 Å². The summed E-state index contributed by atoms with van der Waals surface area (Å²) in [5.41, 5.74) is -0.616. The third-order valence-electron chi connectivity index (χ3n) is 2.41. The van der Waals surface area contributed by atoms with Crippen LogP contribution in [-0.2, 0) is 6.54 Å². The van der Waals surface area contributed by atoms with E-state index in [9.17, 15) is 12.9 Å². The molecule has 0 saturated heterocycles. The number of aromatic nitrogens is 2. The fourth-order valence-electron chi connectivity index (χ4n) is 1.47. The van der Waals surface area contributed by atoms with Crippen LogP contribution in [0.3, 0.4) is 0 Å². The van der Waals surface area contributed by atoms with Crippen LogP contribution in [-0.4, -0.2) is 23.4 Å². The molecule has 7 heteroatoms. The van der Waals surface area contributed by atoms with Crippen LogP contribution in [0, 0.1) is 0 Å². The Hall–Kier alpha value is -1.92. The van der Waals surface area contributed by atoms with Gasteiger partial charge in [-0.25, -0.2) is 0 Å². The highest BCUT2D eigenvalue weighted by molar-refractivity contribution is 6.73. The van der Waals surface area contributed by atoms with E-state index in [1.54, 1.807) is 23.1 Å². The van der Waals surface area contributed by atoms with Crippen LogP contribution in [0.15, 0.2) is 42.7 Å². The standard InChI is InChI=1S/C11H11BF3N2O/c13-12(14,15)10-2-4-11(5-3-10)18-9-8-17-7-1-6-16-17/h1-7H,8-9H2/q-1. The van der Waals surface area contributed by atoms with E-state index in [1.807, 2.05) is 0 Å². The largest absolute Gasteiger partial charge is 0.509 e.